The Bertz CT molecular complexity index is 811. The first-order valence-corrected chi connectivity index (χ1v) is 8.66. The largest absolute Gasteiger partial charge is 0.292 e. The van der Waals surface area contributed by atoms with Crippen LogP contribution in [0.1, 0.15) is 29.3 Å². The van der Waals surface area contributed by atoms with Crippen molar-refractivity contribution in [2.45, 2.75) is 37.2 Å². The molecular weight excluding hydrogens is 302 g/mol. The SMILES string of the molecule is CCn1cc(S(=O)(=O)NC2CCc3ccccc3C2=O)cn1. The van der Waals surface area contributed by atoms with Crippen molar-refractivity contribution in [2.75, 3.05) is 0 Å². The van der Waals surface area contributed by atoms with Crippen molar-refractivity contribution in [3.8, 4) is 0 Å². The maximum atomic E-state index is 12.4. The lowest BCUT2D eigenvalue weighted by atomic mass is 9.88. The number of nitrogens with one attached hydrogen (secondary N) is 1. The van der Waals surface area contributed by atoms with Crippen LogP contribution in [0.15, 0.2) is 41.6 Å². The normalized spacial score (nSPS) is 18.2. The molecule has 6 nitrogen and oxygen atoms in total. The van der Waals surface area contributed by atoms with Gasteiger partial charge in [-0.15, -0.1) is 0 Å². The number of nitrogens with zero attached hydrogens (tertiary/aromatic N) is 2. The molecule has 22 heavy (non-hydrogen) atoms. The van der Waals surface area contributed by atoms with Gasteiger partial charge in [0.05, 0.1) is 12.2 Å². The third-order valence-electron chi connectivity index (χ3n) is 3.84. The summed E-state index contributed by atoms with van der Waals surface area (Å²) in [5, 5.41) is 3.96. The van der Waals surface area contributed by atoms with Gasteiger partial charge in [0.25, 0.3) is 0 Å². The molecule has 0 aliphatic heterocycles. The van der Waals surface area contributed by atoms with E-state index in [4.69, 9.17) is 0 Å². The number of hydrogen-bond acceptors (Lipinski definition) is 4. The Hall–Kier alpha value is -1.99. The van der Waals surface area contributed by atoms with Gasteiger partial charge in [-0.3, -0.25) is 9.48 Å². The summed E-state index contributed by atoms with van der Waals surface area (Å²) in [4.78, 5) is 12.5. The van der Waals surface area contributed by atoms with Crippen LogP contribution in [0.5, 0.6) is 0 Å². The van der Waals surface area contributed by atoms with E-state index in [1.807, 2.05) is 19.1 Å². The Morgan fingerprint density at radius 3 is 2.86 bits per heavy atom. The van der Waals surface area contributed by atoms with Gasteiger partial charge in [-0.1, -0.05) is 24.3 Å². The van der Waals surface area contributed by atoms with E-state index in [0.29, 0.717) is 24.9 Å². The number of Topliss-reactive ketones (excluding diaryl/α,β-unsaturated/α-hetero) is 1. The first-order valence-electron chi connectivity index (χ1n) is 7.18. The lowest BCUT2D eigenvalue weighted by Crippen LogP contribution is -2.43. The number of fused-ring (bicyclic) bond motifs is 1. The van der Waals surface area contributed by atoms with Crippen molar-refractivity contribution in [1.82, 2.24) is 14.5 Å². The minimum atomic E-state index is -3.74. The van der Waals surface area contributed by atoms with Crippen LogP contribution >= 0.6 is 0 Å². The minimum Gasteiger partial charge on any atom is -0.292 e. The first kappa shape index (κ1) is 14.9. The number of carbonyl (C=O) groups excluding carboxylic acids is 1. The average Bonchev–Trinajstić information content (AvgIpc) is 3.00. The number of carbonyl (C=O) groups is 1. The Kier molecular flexibility index (Phi) is 3.84. The van der Waals surface area contributed by atoms with Gasteiger partial charge in [0.2, 0.25) is 10.0 Å². The molecule has 7 heteroatoms. The topological polar surface area (TPSA) is 81.1 Å². The molecule has 1 aliphatic carbocycles. The van der Waals surface area contributed by atoms with Crippen LogP contribution in [-0.2, 0) is 23.0 Å². The summed E-state index contributed by atoms with van der Waals surface area (Å²) in [6.07, 6.45) is 3.91. The Balaban J connectivity index is 1.83. The molecule has 1 aliphatic rings. The number of ketones is 1. The zero-order chi connectivity index (χ0) is 15.7. The molecule has 1 aromatic heterocycles. The Morgan fingerprint density at radius 2 is 2.14 bits per heavy atom. The second-order valence-corrected chi connectivity index (χ2v) is 6.98. The van der Waals surface area contributed by atoms with E-state index in [0.717, 1.165) is 5.56 Å². The number of aryl methyl sites for hydroxylation is 2. The van der Waals surface area contributed by atoms with Gasteiger partial charge in [0.15, 0.2) is 5.78 Å². The number of aromatic nitrogens is 2. The lowest BCUT2D eigenvalue weighted by Gasteiger charge is -2.23. The van der Waals surface area contributed by atoms with Crippen LogP contribution in [0.4, 0.5) is 0 Å². The van der Waals surface area contributed by atoms with Gasteiger partial charge < -0.3 is 0 Å². The molecule has 0 amide bonds. The zero-order valence-electron chi connectivity index (χ0n) is 12.2. The van der Waals surface area contributed by atoms with E-state index in [1.165, 1.54) is 17.1 Å². The van der Waals surface area contributed by atoms with Crippen LogP contribution in [0.25, 0.3) is 0 Å². The molecule has 1 atom stereocenters. The highest BCUT2D eigenvalue weighted by Gasteiger charge is 2.31. The smallest absolute Gasteiger partial charge is 0.244 e. The molecule has 0 saturated heterocycles. The van der Waals surface area contributed by atoms with Gasteiger partial charge in [0, 0.05) is 18.3 Å². The van der Waals surface area contributed by atoms with E-state index >= 15 is 0 Å². The molecule has 0 saturated carbocycles. The summed E-state index contributed by atoms with van der Waals surface area (Å²) in [5.41, 5.74) is 1.58. The Morgan fingerprint density at radius 1 is 1.36 bits per heavy atom. The maximum absolute atomic E-state index is 12.4. The van der Waals surface area contributed by atoms with E-state index in [-0.39, 0.29) is 10.7 Å². The molecule has 0 bridgehead atoms. The van der Waals surface area contributed by atoms with Crippen molar-refractivity contribution in [3.63, 3.8) is 0 Å². The van der Waals surface area contributed by atoms with Gasteiger partial charge >= 0.3 is 0 Å². The third kappa shape index (κ3) is 2.69. The molecule has 1 N–H and O–H groups in total. The van der Waals surface area contributed by atoms with Crippen LogP contribution in [0, 0.1) is 0 Å². The maximum Gasteiger partial charge on any atom is 0.244 e. The monoisotopic (exact) mass is 319 g/mol. The fraction of sp³-hybridized carbons (Fsp3) is 0.333. The number of hydrogen-bond donors (Lipinski definition) is 1. The predicted molar refractivity (Wildman–Crippen MR) is 81.1 cm³/mol. The lowest BCUT2D eigenvalue weighted by molar-refractivity contribution is 0.0940. The summed E-state index contributed by atoms with van der Waals surface area (Å²) in [5.74, 6) is -0.173. The molecule has 1 aromatic carbocycles. The van der Waals surface area contributed by atoms with Crippen LogP contribution in [0.2, 0.25) is 0 Å². The van der Waals surface area contributed by atoms with Gasteiger partial charge in [-0.25, -0.2) is 13.1 Å². The second-order valence-electron chi connectivity index (χ2n) is 5.27. The van der Waals surface area contributed by atoms with Crippen molar-refractivity contribution in [2.24, 2.45) is 0 Å². The standard InChI is InChI=1S/C15H17N3O3S/c1-2-18-10-12(9-16-18)22(20,21)17-14-8-7-11-5-3-4-6-13(11)15(14)19/h3-6,9-10,14,17H,2,7-8H2,1H3. The molecule has 0 fully saturated rings. The van der Waals surface area contributed by atoms with Gasteiger partial charge in [-0.2, -0.15) is 5.10 Å². The summed E-state index contributed by atoms with van der Waals surface area (Å²) in [6, 6.07) is 6.61. The van der Waals surface area contributed by atoms with E-state index < -0.39 is 16.1 Å². The quantitative estimate of drug-likeness (QED) is 0.923. The number of benzene rings is 1. The molecule has 3 rings (SSSR count). The van der Waals surface area contributed by atoms with Crippen LogP contribution in [0.3, 0.4) is 0 Å². The fourth-order valence-electron chi connectivity index (χ4n) is 2.62. The second kappa shape index (κ2) is 5.66. The summed E-state index contributed by atoms with van der Waals surface area (Å²) >= 11 is 0. The molecule has 0 spiro atoms. The van der Waals surface area contributed by atoms with Gasteiger partial charge in [-0.05, 0) is 25.3 Å². The highest BCUT2D eigenvalue weighted by atomic mass is 32.2. The molecule has 1 heterocycles. The molecule has 2 aromatic rings. The molecule has 0 radical (unpaired) electrons. The van der Waals surface area contributed by atoms with E-state index in [2.05, 4.69) is 9.82 Å². The fourth-order valence-corrected chi connectivity index (χ4v) is 3.80. The molecule has 116 valence electrons. The van der Waals surface area contributed by atoms with E-state index in [1.54, 1.807) is 12.1 Å². The molecular formula is C15H17N3O3S. The third-order valence-corrected chi connectivity index (χ3v) is 5.27. The minimum absolute atomic E-state index is 0.0843. The van der Waals surface area contributed by atoms with Crippen molar-refractivity contribution in [3.05, 3.63) is 47.8 Å². The first-order chi connectivity index (χ1) is 10.5. The molecule has 1 unspecified atom stereocenters. The van der Waals surface area contributed by atoms with Crippen molar-refractivity contribution < 1.29 is 13.2 Å². The van der Waals surface area contributed by atoms with Crippen LogP contribution < -0.4 is 4.72 Å². The number of sulfonamides is 1. The van der Waals surface area contributed by atoms with Crippen molar-refractivity contribution in [1.29, 1.82) is 0 Å². The highest BCUT2D eigenvalue weighted by Crippen LogP contribution is 2.22. The predicted octanol–water partition coefficient (Wildman–Crippen LogP) is 1.38. The average molecular weight is 319 g/mol. The summed E-state index contributed by atoms with van der Waals surface area (Å²) in [7, 11) is -3.74. The van der Waals surface area contributed by atoms with E-state index in [9.17, 15) is 13.2 Å². The summed E-state index contributed by atoms with van der Waals surface area (Å²) < 4.78 is 28.8. The number of rotatable bonds is 4. The highest BCUT2D eigenvalue weighted by molar-refractivity contribution is 7.89. The van der Waals surface area contributed by atoms with Gasteiger partial charge in [0.1, 0.15) is 4.90 Å². The summed E-state index contributed by atoms with van der Waals surface area (Å²) in [6.45, 7) is 2.46. The zero-order valence-corrected chi connectivity index (χ0v) is 13.0. The Labute approximate surface area is 129 Å². The van der Waals surface area contributed by atoms with Crippen LogP contribution in [-0.4, -0.2) is 30.0 Å². The van der Waals surface area contributed by atoms with Crippen molar-refractivity contribution >= 4 is 15.8 Å².